The number of oxime groups is 1. The lowest BCUT2D eigenvalue weighted by Crippen LogP contribution is -2.24. The standard InChI is InChI=1S/C12H18FN3O4S/c1-8(2)20-6-7-21(18,19)16-10-5-3-4-9(13)11(10)12(14)15-17/h3-5,8,16-17H,6-7H2,1-2H3,(H2,14,15). The van der Waals surface area contributed by atoms with Gasteiger partial charge in [0, 0.05) is 0 Å². The molecule has 4 N–H and O–H groups in total. The first-order chi connectivity index (χ1) is 9.76. The fourth-order valence-electron chi connectivity index (χ4n) is 1.53. The smallest absolute Gasteiger partial charge is 0.235 e. The maximum absolute atomic E-state index is 13.7. The lowest BCUT2D eigenvalue weighted by Gasteiger charge is -2.13. The van der Waals surface area contributed by atoms with Crippen LogP contribution in [0.4, 0.5) is 10.1 Å². The molecule has 0 fully saturated rings. The molecular formula is C12H18FN3O4S. The quantitative estimate of drug-likeness (QED) is 0.301. The molecule has 1 rings (SSSR count). The van der Waals surface area contributed by atoms with Gasteiger partial charge in [-0.1, -0.05) is 11.2 Å². The predicted octanol–water partition coefficient (Wildman–Crippen LogP) is 1.09. The first-order valence-corrected chi connectivity index (χ1v) is 7.80. The number of halogens is 1. The Morgan fingerprint density at radius 2 is 2.19 bits per heavy atom. The summed E-state index contributed by atoms with van der Waals surface area (Å²) >= 11 is 0. The van der Waals surface area contributed by atoms with Crippen LogP contribution in [-0.2, 0) is 14.8 Å². The Balaban J connectivity index is 2.95. The van der Waals surface area contributed by atoms with Gasteiger partial charge < -0.3 is 15.7 Å². The normalized spacial score (nSPS) is 12.7. The molecule has 21 heavy (non-hydrogen) atoms. The van der Waals surface area contributed by atoms with Crippen molar-refractivity contribution in [1.29, 1.82) is 0 Å². The number of hydrogen-bond acceptors (Lipinski definition) is 5. The second kappa shape index (κ2) is 7.23. The number of nitrogens with zero attached hydrogens (tertiary/aromatic N) is 1. The largest absolute Gasteiger partial charge is 0.409 e. The van der Waals surface area contributed by atoms with E-state index in [1.165, 1.54) is 12.1 Å². The number of benzene rings is 1. The number of nitrogens with one attached hydrogen (secondary N) is 1. The number of sulfonamides is 1. The Hall–Kier alpha value is -1.87. The molecule has 0 aliphatic carbocycles. The van der Waals surface area contributed by atoms with Gasteiger partial charge >= 0.3 is 0 Å². The lowest BCUT2D eigenvalue weighted by atomic mass is 10.1. The van der Waals surface area contributed by atoms with Crippen LogP contribution in [0.15, 0.2) is 23.4 Å². The van der Waals surface area contributed by atoms with Gasteiger partial charge in [-0.05, 0) is 26.0 Å². The fraction of sp³-hybridized carbons (Fsp3) is 0.417. The van der Waals surface area contributed by atoms with Crippen molar-refractivity contribution >= 4 is 21.5 Å². The van der Waals surface area contributed by atoms with E-state index in [9.17, 15) is 12.8 Å². The van der Waals surface area contributed by atoms with Crippen LogP contribution in [0.1, 0.15) is 19.4 Å². The second-order valence-electron chi connectivity index (χ2n) is 4.49. The minimum Gasteiger partial charge on any atom is -0.409 e. The Labute approximate surface area is 122 Å². The zero-order chi connectivity index (χ0) is 16.0. The molecular weight excluding hydrogens is 301 g/mol. The Kier molecular flexibility index (Phi) is 5.91. The summed E-state index contributed by atoms with van der Waals surface area (Å²) in [6.07, 6.45) is -0.0953. The van der Waals surface area contributed by atoms with Gasteiger partial charge in [0.05, 0.1) is 29.7 Å². The van der Waals surface area contributed by atoms with Crippen LogP contribution >= 0.6 is 0 Å². The maximum atomic E-state index is 13.7. The number of hydrogen-bond donors (Lipinski definition) is 3. The number of nitrogens with two attached hydrogens (primary N) is 1. The topological polar surface area (TPSA) is 114 Å². The van der Waals surface area contributed by atoms with Gasteiger partial charge in [-0.3, -0.25) is 4.72 Å². The highest BCUT2D eigenvalue weighted by Gasteiger charge is 2.18. The van der Waals surface area contributed by atoms with Gasteiger partial charge in [-0.25, -0.2) is 12.8 Å². The zero-order valence-electron chi connectivity index (χ0n) is 11.7. The molecule has 0 saturated heterocycles. The molecule has 118 valence electrons. The maximum Gasteiger partial charge on any atom is 0.235 e. The Morgan fingerprint density at radius 3 is 2.76 bits per heavy atom. The molecule has 0 aromatic heterocycles. The van der Waals surface area contributed by atoms with E-state index < -0.39 is 21.7 Å². The van der Waals surface area contributed by atoms with Crippen LogP contribution in [0, 0.1) is 5.82 Å². The van der Waals surface area contributed by atoms with Crippen molar-refractivity contribution in [3.8, 4) is 0 Å². The van der Waals surface area contributed by atoms with Crippen LogP contribution in [0.25, 0.3) is 0 Å². The minimum atomic E-state index is -3.75. The Morgan fingerprint density at radius 1 is 1.52 bits per heavy atom. The molecule has 0 radical (unpaired) electrons. The molecule has 0 unspecified atom stereocenters. The summed E-state index contributed by atoms with van der Waals surface area (Å²) in [6, 6.07) is 3.70. The molecule has 0 aliphatic rings. The summed E-state index contributed by atoms with van der Waals surface area (Å²) in [5, 5.41) is 11.3. The van der Waals surface area contributed by atoms with Gasteiger partial charge in [0.25, 0.3) is 0 Å². The van der Waals surface area contributed by atoms with Gasteiger partial charge in [-0.15, -0.1) is 0 Å². The summed E-state index contributed by atoms with van der Waals surface area (Å²) in [4.78, 5) is 0. The van der Waals surface area contributed by atoms with Crippen LogP contribution < -0.4 is 10.5 Å². The Bertz CT molecular complexity index is 617. The predicted molar refractivity (Wildman–Crippen MR) is 77.4 cm³/mol. The van der Waals surface area contributed by atoms with Crippen LogP contribution in [0.2, 0.25) is 0 Å². The summed E-state index contributed by atoms with van der Waals surface area (Å²) in [5.41, 5.74) is 4.94. The van der Waals surface area contributed by atoms with E-state index in [-0.39, 0.29) is 29.7 Å². The minimum absolute atomic E-state index is 0.00121. The molecule has 0 bridgehead atoms. The van der Waals surface area contributed by atoms with E-state index in [1.807, 2.05) is 0 Å². The molecule has 0 saturated carbocycles. The average Bonchev–Trinajstić information content (AvgIpc) is 2.37. The molecule has 9 heteroatoms. The van der Waals surface area contributed by atoms with E-state index in [4.69, 9.17) is 15.7 Å². The molecule has 0 atom stereocenters. The third kappa shape index (κ3) is 5.20. The van der Waals surface area contributed by atoms with Crippen molar-refractivity contribution in [2.24, 2.45) is 10.9 Å². The van der Waals surface area contributed by atoms with Crippen molar-refractivity contribution in [1.82, 2.24) is 0 Å². The third-order valence-corrected chi connectivity index (χ3v) is 3.68. The summed E-state index contributed by atoms with van der Waals surface area (Å²) in [7, 11) is -3.75. The first kappa shape index (κ1) is 17.2. The number of ether oxygens (including phenoxy) is 1. The van der Waals surface area contributed by atoms with Gasteiger partial charge in [-0.2, -0.15) is 0 Å². The van der Waals surface area contributed by atoms with Crippen molar-refractivity contribution in [2.45, 2.75) is 20.0 Å². The molecule has 0 aliphatic heterocycles. The van der Waals surface area contributed by atoms with E-state index in [2.05, 4.69) is 9.88 Å². The third-order valence-electron chi connectivity index (χ3n) is 2.45. The monoisotopic (exact) mass is 319 g/mol. The van der Waals surface area contributed by atoms with Crippen molar-refractivity contribution in [3.63, 3.8) is 0 Å². The van der Waals surface area contributed by atoms with Gasteiger partial charge in [0.1, 0.15) is 5.82 Å². The highest BCUT2D eigenvalue weighted by molar-refractivity contribution is 7.92. The average molecular weight is 319 g/mol. The van der Waals surface area contributed by atoms with E-state index in [1.54, 1.807) is 13.8 Å². The SMILES string of the molecule is CC(C)OCCS(=O)(=O)Nc1cccc(F)c1C(N)=NO. The first-order valence-electron chi connectivity index (χ1n) is 6.15. The molecule has 7 nitrogen and oxygen atoms in total. The van der Waals surface area contributed by atoms with E-state index in [0.717, 1.165) is 6.07 Å². The van der Waals surface area contributed by atoms with Crippen molar-refractivity contribution < 1.29 is 22.8 Å². The van der Waals surface area contributed by atoms with Crippen molar-refractivity contribution in [3.05, 3.63) is 29.6 Å². The van der Waals surface area contributed by atoms with Crippen molar-refractivity contribution in [2.75, 3.05) is 17.1 Å². The number of rotatable bonds is 7. The van der Waals surface area contributed by atoms with E-state index >= 15 is 0 Å². The van der Waals surface area contributed by atoms with Gasteiger partial charge in [0.2, 0.25) is 10.0 Å². The second-order valence-corrected chi connectivity index (χ2v) is 6.33. The lowest BCUT2D eigenvalue weighted by molar-refractivity contribution is 0.0913. The van der Waals surface area contributed by atoms with Gasteiger partial charge in [0.15, 0.2) is 5.84 Å². The molecule has 0 heterocycles. The summed E-state index contributed by atoms with van der Waals surface area (Å²) < 4.78 is 44.8. The number of anilines is 1. The highest BCUT2D eigenvalue weighted by atomic mass is 32.2. The molecule has 1 aromatic rings. The highest BCUT2D eigenvalue weighted by Crippen LogP contribution is 2.20. The summed E-state index contributed by atoms with van der Waals surface area (Å²) in [5.74, 6) is -1.62. The fourth-order valence-corrected chi connectivity index (χ4v) is 2.45. The summed E-state index contributed by atoms with van der Waals surface area (Å²) in [6.45, 7) is 3.56. The van der Waals surface area contributed by atoms with E-state index in [0.29, 0.717) is 0 Å². The molecule has 0 amide bonds. The molecule has 0 spiro atoms. The van der Waals surface area contributed by atoms with Crippen LogP contribution in [-0.4, -0.2) is 37.9 Å². The number of amidine groups is 1. The van der Waals surface area contributed by atoms with Crippen LogP contribution in [0.3, 0.4) is 0 Å². The van der Waals surface area contributed by atoms with Crippen LogP contribution in [0.5, 0.6) is 0 Å². The molecule has 1 aromatic carbocycles. The zero-order valence-corrected chi connectivity index (χ0v) is 12.5.